The third-order valence-corrected chi connectivity index (χ3v) is 5.22. The number of pyridine rings is 1. The number of carbonyl (C=O) groups is 1. The van der Waals surface area contributed by atoms with Crippen LogP contribution >= 0.6 is 0 Å². The number of amides is 1. The molecule has 2 aromatic heterocycles. The lowest BCUT2D eigenvalue weighted by atomic mass is 9.93. The lowest BCUT2D eigenvalue weighted by Crippen LogP contribution is -2.23. The van der Waals surface area contributed by atoms with Crippen molar-refractivity contribution in [2.75, 3.05) is 5.32 Å². The van der Waals surface area contributed by atoms with E-state index < -0.39 is 0 Å². The Bertz CT molecular complexity index is 928. The van der Waals surface area contributed by atoms with E-state index in [4.69, 9.17) is 0 Å². The van der Waals surface area contributed by atoms with Gasteiger partial charge in [0.25, 0.3) is 0 Å². The number of aromatic nitrogens is 3. The highest BCUT2D eigenvalue weighted by Crippen LogP contribution is 2.36. The quantitative estimate of drug-likeness (QED) is 0.733. The molecular weight excluding hydrogens is 324 g/mol. The second-order valence-electron chi connectivity index (χ2n) is 7.31. The molecule has 0 saturated heterocycles. The topological polar surface area (TPSA) is 59.8 Å². The van der Waals surface area contributed by atoms with Gasteiger partial charge >= 0.3 is 0 Å². The van der Waals surface area contributed by atoms with E-state index in [2.05, 4.69) is 38.9 Å². The second-order valence-corrected chi connectivity index (χ2v) is 7.31. The fraction of sp³-hybridized carbons (Fsp3) is 0.381. The summed E-state index contributed by atoms with van der Waals surface area (Å²) in [6.45, 7) is 4.09. The zero-order chi connectivity index (χ0) is 18.1. The summed E-state index contributed by atoms with van der Waals surface area (Å²) in [5.74, 6) is 0.792. The van der Waals surface area contributed by atoms with Crippen LogP contribution in [0.15, 0.2) is 42.6 Å². The Morgan fingerprint density at radius 2 is 2.08 bits per heavy atom. The minimum absolute atomic E-state index is 0.00560. The number of imidazole rings is 1. The monoisotopic (exact) mass is 348 g/mol. The lowest BCUT2D eigenvalue weighted by molar-refractivity contribution is -0.116. The van der Waals surface area contributed by atoms with E-state index in [-0.39, 0.29) is 11.8 Å². The first-order valence-corrected chi connectivity index (χ1v) is 9.31. The highest BCUT2D eigenvalue weighted by atomic mass is 16.1. The van der Waals surface area contributed by atoms with Gasteiger partial charge in [-0.2, -0.15) is 0 Å². The first-order valence-electron chi connectivity index (χ1n) is 9.31. The van der Waals surface area contributed by atoms with Gasteiger partial charge in [0.05, 0.1) is 0 Å². The summed E-state index contributed by atoms with van der Waals surface area (Å²) in [4.78, 5) is 21.9. The molecule has 0 spiro atoms. The molecule has 0 aliphatic heterocycles. The summed E-state index contributed by atoms with van der Waals surface area (Å²) in [6.07, 6.45) is 5.75. The Kier molecular flexibility index (Phi) is 4.45. The van der Waals surface area contributed by atoms with Gasteiger partial charge in [0.15, 0.2) is 5.65 Å². The molecule has 0 bridgehead atoms. The number of hydrogen-bond donors (Lipinski definition) is 1. The molecule has 1 fully saturated rings. The predicted octanol–water partition coefficient (Wildman–Crippen LogP) is 4.60. The first-order chi connectivity index (χ1) is 12.6. The summed E-state index contributed by atoms with van der Waals surface area (Å²) in [5, 5.41) is 3.04. The van der Waals surface area contributed by atoms with Gasteiger partial charge in [0.1, 0.15) is 5.52 Å². The fourth-order valence-electron chi connectivity index (χ4n) is 3.51. The van der Waals surface area contributed by atoms with Crippen molar-refractivity contribution in [3.63, 3.8) is 0 Å². The number of benzene rings is 1. The average molecular weight is 348 g/mol. The van der Waals surface area contributed by atoms with E-state index in [0.717, 1.165) is 29.6 Å². The minimum Gasteiger partial charge on any atom is -0.296 e. The highest BCUT2D eigenvalue weighted by Gasteiger charge is 2.26. The van der Waals surface area contributed by atoms with Crippen LogP contribution in [0.3, 0.4) is 0 Å². The molecule has 4 rings (SSSR count). The van der Waals surface area contributed by atoms with E-state index in [1.165, 1.54) is 12.0 Å². The zero-order valence-electron chi connectivity index (χ0n) is 15.3. The predicted molar refractivity (Wildman–Crippen MR) is 103 cm³/mol. The van der Waals surface area contributed by atoms with E-state index in [1.54, 1.807) is 0 Å². The van der Waals surface area contributed by atoms with Gasteiger partial charge < -0.3 is 0 Å². The molecule has 2 heterocycles. The smallest absolute Gasteiger partial charge is 0.227 e. The molecular formula is C21H24N4O. The Labute approximate surface area is 153 Å². The van der Waals surface area contributed by atoms with Gasteiger partial charge in [-0.1, -0.05) is 37.3 Å². The number of nitrogens with zero attached hydrogens (tertiary/aromatic N) is 3. The minimum atomic E-state index is -0.00560. The van der Waals surface area contributed by atoms with Crippen molar-refractivity contribution in [1.82, 2.24) is 14.5 Å². The zero-order valence-corrected chi connectivity index (χ0v) is 15.3. The first kappa shape index (κ1) is 16.8. The molecule has 0 unspecified atom stereocenters. The van der Waals surface area contributed by atoms with Crippen LogP contribution in [0.4, 0.5) is 5.95 Å². The molecule has 5 nitrogen and oxygen atoms in total. The molecule has 1 atom stereocenters. The Morgan fingerprint density at radius 3 is 2.77 bits per heavy atom. The summed E-state index contributed by atoms with van der Waals surface area (Å²) in [7, 11) is 0. The Morgan fingerprint density at radius 1 is 1.31 bits per heavy atom. The molecule has 134 valence electrons. The maximum absolute atomic E-state index is 12.6. The maximum atomic E-state index is 12.6. The molecule has 1 aliphatic carbocycles. The van der Waals surface area contributed by atoms with Crippen LogP contribution in [0.1, 0.15) is 55.7 Å². The van der Waals surface area contributed by atoms with Gasteiger partial charge in [-0.3, -0.25) is 14.7 Å². The molecule has 1 N–H and O–H groups in total. The van der Waals surface area contributed by atoms with E-state index in [9.17, 15) is 4.79 Å². The largest absolute Gasteiger partial charge is 0.296 e. The van der Waals surface area contributed by atoms with Gasteiger partial charge in [0, 0.05) is 18.7 Å². The van der Waals surface area contributed by atoms with Crippen molar-refractivity contribution >= 4 is 23.0 Å². The average Bonchev–Trinajstić information content (AvgIpc) is 2.91. The van der Waals surface area contributed by atoms with Gasteiger partial charge in [-0.15, -0.1) is 0 Å². The number of fused-ring (bicyclic) bond motifs is 1. The highest BCUT2D eigenvalue weighted by molar-refractivity contribution is 5.91. The Hall–Kier alpha value is -2.69. The molecule has 1 amide bonds. The standard InChI is InChI=1S/C21H24N4O/c1-14-11-18-20(22-13-14)25(17-9-6-10-17)21(23-18)24-19(26)12-15(2)16-7-4-3-5-8-16/h3-5,7-8,11,13,15,17H,6,9-10,12H2,1-2H3,(H,23,24,26)/t15-/m1/s1. The van der Waals surface area contributed by atoms with Crippen molar-refractivity contribution < 1.29 is 4.79 Å². The second kappa shape index (κ2) is 6.90. The van der Waals surface area contributed by atoms with Crippen LogP contribution in [0.5, 0.6) is 0 Å². The SMILES string of the molecule is Cc1cnc2c(c1)nc(NC(=O)C[C@@H](C)c1ccccc1)n2C1CCC1. The number of rotatable bonds is 5. The van der Waals surface area contributed by atoms with Gasteiger partial charge in [-0.05, 0) is 49.3 Å². The van der Waals surface area contributed by atoms with E-state index in [1.807, 2.05) is 37.4 Å². The van der Waals surface area contributed by atoms with Crippen LogP contribution in [-0.2, 0) is 4.79 Å². The van der Waals surface area contributed by atoms with Gasteiger partial charge in [-0.25, -0.2) is 9.97 Å². The normalized spacial score (nSPS) is 15.6. The van der Waals surface area contributed by atoms with Crippen LogP contribution in [0.25, 0.3) is 11.2 Å². The number of nitrogens with one attached hydrogen (secondary N) is 1. The summed E-state index contributed by atoms with van der Waals surface area (Å²) in [5.41, 5.74) is 3.97. The third kappa shape index (κ3) is 3.21. The van der Waals surface area contributed by atoms with Crippen LogP contribution < -0.4 is 5.32 Å². The molecule has 26 heavy (non-hydrogen) atoms. The van der Waals surface area contributed by atoms with Crippen LogP contribution in [0.2, 0.25) is 0 Å². The van der Waals surface area contributed by atoms with Crippen LogP contribution in [-0.4, -0.2) is 20.4 Å². The van der Waals surface area contributed by atoms with Crippen molar-refractivity contribution in [2.24, 2.45) is 0 Å². The van der Waals surface area contributed by atoms with Crippen molar-refractivity contribution in [2.45, 2.75) is 51.5 Å². The number of anilines is 1. The molecule has 1 aromatic carbocycles. The Balaban J connectivity index is 1.57. The third-order valence-electron chi connectivity index (χ3n) is 5.22. The molecule has 1 saturated carbocycles. The summed E-state index contributed by atoms with van der Waals surface area (Å²) >= 11 is 0. The number of carbonyl (C=O) groups excluding carboxylic acids is 1. The summed E-state index contributed by atoms with van der Waals surface area (Å²) < 4.78 is 2.11. The maximum Gasteiger partial charge on any atom is 0.227 e. The van der Waals surface area contributed by atoms with Crippen molar-refractivity contribution in [1.29, 1.82) is 0 Å². The van der Waals surface area contributed by atoms with Crippen molar-refractivity contribution in [3.8, 4) is 0 Å². The molecule has 1 aliphatic rings. The lowest BCUT2D eigenvalue weighted by Gasteiger charge is -2.28. The fourth-order valence-corrected chi connectivity index (χ4v) is 3.51. The van der Waals surface area contributed by atoms with Crippen molar-refractivity contribution in [3.05, 3.63) is 53.7 Å². The number of aryl methyl sites for hydroxylation is 1. The summed E-state index contributed by atoms with van der Waals surface area (Å²) in [6, 6.07) is 12.5. The molecule has 3 aromatic rings. The molecule has 0 radical (unpaired) electrons. The number of hydrogen-bond acceptors (Lipinski definition) is 3. The van der Waals surface area contributed by atoms with Gasteiger partial charge in [0.2, 0.25) is 11.9 Å². The van der Waals surface area contributed by atoms with E-state index >= 15 is 0 Å². The van der Waals surface area contributed by atoms with Crippen LogP contribution in [0, 0.1) is 6.92 Å². The molecule has 5 heteroatoms. The van der Waals surface area contributed by atoms with E-state index in [0.29, 0.717) is 18.4 Å².